The average molecular weight is 244 g/mol. The van der Waals surface area contributed by atoms with E-state index < -0.39 is 0 Å². The fourth-order valence-electron chi connectivity index (χ4n) is 3.59. The van der Waals surface area contributed by atoms with E-state index in [1.165, 1.54) is 25.7 Å². The number of carbonyl (C=O) groups excluding carboxylic acids is 1. The molecular weight excluding hydrogens is 224 g/mol. The molecule has 1 aromatic carbocycles. The number of nitrogens with two attached hydrogens (primary N) is 1. The third kappa shape index (κ3) is 1.98. The second-order valence-electron chi connectivity index (χ2n) is 5.78. The van der Waals surface area contributed by atoms with Crippen molar-refractivity contribution >= 4 is 17.2 Å². The van der Waals surface area contributed by atoms with Crippen LogP contribution >= 0.6 is 0 Å². The Morgan fingerprint density at radius 1 is 1.33 bits per heavy atom. The minimum Gasteiger partial charge on any atom is -0.398 e. The van der Waals surface area contributed by atoms with E-state index in [4.69, 9.17) is 5.73 Å². The van der Waals surface area contributed by atoms with Crippen LogP contribution in [-0.4, -0.2) is 11.8 Å². The lowest BCUT2D eigenvalue weighted by atomic mass is 9.95. The summed E-state index contributed by atoms with van der Waals surface area (Å²) in [7, 11) is 0. The Morgan fingerprint density at radius 3 is 2.78 bits per heavy atom. The van der Waals surface area contributed by atoms with Gasteiger partial charge in [0.2, 0.25) is 0 Å². The van der Waals surface area contributed by atoms with Gasteiger partial charge in [0.05, 0.1) is 0 Å². The van der Waals surface area contributed by atoms with Crippen LogP contribution in [0.2, 0.25) is 0 Å². The number of fused-ring (bicyclic) bond motifs is 2. The molecule has 2 bridgehead atoms. The summed E-state index contributed by atoms with van der Waals surface area (Å²) < 4.78 is 0. The van der Waals surface area contributed by atoms with Crippen LogP contribution in [0.15, 0.2) is 18.2 Å². The lowest BCUT2D eigenvalue weighted by Crippen LogP contribution is -2.25. The third-order valence-electron chi connectivity index (χ3n) is 4.52. The molecule has 0 heterocycles. The Kier molecular flexibility index (Phi) is 2.77. The summed E-state index contributed by atoms with van der Waals surface area (Å²) in [5.41, 5.74) is 8.04. The lowest BCUT2D eigenvalue weighted by molar-refractivity contribution is 0.101. The molecule has 0 aromatic heterocycles. The number of benzene rings is 1. The van der Waals surface area contributed by atoms with Crippen LogP contribution in [0.3, 0.4) is 0 Å². The number of nitrogen functional groups attached to an aromatic ring is 1. The van der Waals surface area contributed by atoms with Crippen molar-refractivity contribution in [1.29, 1.82) is 0 Å². The average Bonchev–Trinajstić information content (AvgIpc) is 2.93. The highest BCUT2D eigenvalue weighted by molar-refractivity contribution is 6.00. The van der Waals surface area contributed by atoms with E-state index in [-0.39, 0.29) is 5.78 Å². The fraction of sp³-hybridized carbons (Fsp3) is 0.533. The molecule has 3 rings (SSSR count). The molecule has 2 saturated carbocycles. The van der Waals surface area contributed by atoms with Crippen molar-refractivity contribution in [3.63, 3.8) is 0 Å². The number of hydrogen-bond acceptors (Lipinski definition) is 3. The van der Waals surface area contributed by atoms with E-state index in [0.717, 1.165) is 17.5 Å². The molecule has 3 atom stereocenters. The highest BCUT2D eigenvalue weighted by Gasteiger charge is 2.39. The van der Waals surface area contributed by atoms with Gasteiger partial charge in [0.25, 0.3) is 0 Å². The first-order chi connectivity index (χ1) is 8.63. The molecule has 0 amide bonds. The molecule has 0 radical (unpaired) electrons. The predicted octanol–water partition coefficient (Wildman–Crippen LogP) is 3.07. The Labute approximate surface area is 108 Å². The van der Waals surface area contributed by atoms with E-state index in [9.17, 15) is 4.79 Å². The predicted molar refractivity (Wildman–Crippen MR) is 73.7 cm³/mol. The van der Waals surface area contributed by atoms with Crippen LogP contribution in [0.5, 0.6) is 0 Å². The second-order valence-corrected chi connectivity index (χ2v) is 5.78. The van der Waals surface area contributed by atoms with Crippen molar-refractivity contribution in [2.24, 2.45) is 11.8 Å². The van der Waals surface area contributed by atoms with Gasteiger partial charge in [0.1, 0.15) is 0 Å². The monoisotopic (exact) mass is 244 g/mol. The summed E-state index contributed by atoms with van der Waals surface area (Å²) in [4.78, 5) is 11.5. The van der Waals surface area contributed by atoms with E-state index in [1.807, 2.05) is 18.2 Å². The first kappa shape index (κ1) is 11.6. The summed E-state index contributed by atoms with van der Waals surface area (Å²) in [5.74, 6) is 1.78. The number of carbonyl (C=O) groups is 1. The Morgan fingerprint density at radius 2 is 2.17 bits per heavy atom. The van der Waals surface area contributed by atoms with Crippen LogP contribution in [0, 0.1) is 11.8 Å². The van der Waals surface area contributed by atoms with Gasteiger partial charge in [0.15, 0.2) is 5.78 Å². The van der Waals surface area contributed by atoms with Gasteiger partial charge in [-0.05, 0) is 56.2 Å². The van der Waals surface area contributed by atoms with Gasteiger partial charge in [-0.25, -0.2) is 0 Å². The highest BCUT2D eigenvalue weighted by Crippen LogP contribution is 2.45. The zero-order valence-corrected chi connectivity index (χ0v) is 10.8. The number of ketones is 1. The fourth-order valence-corrected chi connectivity index (χ4v) is 3.59. The molecule has 2 fully saturated rings. The van der Waals surface area contributed by atoms with Crippen LogP contribution in [0.1, 0.15) is 43.0 Å². The minimum atomic E-state index is 0.0316. The molecule has 2 aliphatic rings. The highest BCUT2D eigenvalue weighted by atomic mass is 16.1. The van der Waals surface area contributed by atoms with Gasteiger partial charge in [-0.2, -0.15) is 0 Å². The maximum absolute atomic E-state index is 11.5. The Bertz CT molecular complexity index is 483. The van der Waals surface area contributed by atoms with E-state index in [0.29, 0.717) is 17.3 Å². The minimum absolute atomic E-state index is 0.0316. The van der Waals surface area contributed by atoms with Gasteiger partial charge < -0.3 is 11.1 Å². The summed E-state index contributed by atoms with van der Waals surface area (Å²) >= 11 is 0. The largest absolute Gasteiger partial charge is 0.398 e. The normalized spacial score (nSPS) is 29.5. The number of hydrogen-bond donors (Lipinski definition) is 2. The SMILES string of the molecule is CC(=O)c1cc(NC2CC3CCC2C3)ccc1N. The molecule has 0 spiro atoms. The molecule has 1 aromatic rings. The van der Waals surface area contributed by atoms with Crippen molar-refractivity contribution in [1.82, 2.24) is 0 Å². The smallest absolute Gasteiger partial charge is 0.161 e. The summed E-state index contributed by atoms with van der Waals surface area (Å²) in [6.45, 7) is 1.56. The first-order valence-corrected chi connectivity index (χ1v) is 6.80. The van der Waals surface area contributed by atoms with Crippen molar-refractivity contribution < 1.29 is 4.79 Å². The standard InChI is InChI=1S/C15H20N2O/c1-9(18)13-8-12(4-5-14(13)16)17-15-7-10-2-3-11(15)6-10/h4-5,8,10-11,15,17H,2-3,6-7,16H2,1H3. The second kappa shape index (κ2) is 4.30. The van der Waals surface area contributed by atoms with Crippen LogP contribution in [0.25, 0.3) is 0 Å². The quantitative estimate of drug-likeness (QED) is 0.634. The Hall–Kier alpha value is -1.51. The van der Waals surface area contributed by atoms with Crippen LogP contribution in [0.4, 0.5) is 11.4 Å². The molecule has 3 N–H and O–H groups in total. The lowest BCUT2D eigenvalue weighted by Gasteiger charge is -2.24. The number of anilines is 2. The number of Topliss-reactive ketones (excluding diaryl/α,β-unsaturated/α-hetero) is 1. The topological polar surface area (TPSA) is 55.1 Å². The molecule has 3 nitrogen and oxygen atoms in total. The molecule has 96 valence electrons. The van der Waals surface area contributed by atoms with E-state index in [2.05, 4.69) is 5.32 Å². The molecule has 2 aliphatic carbocycles. The molecule has 0 saturated heterocycles. The molecule has 0 aliphatic heterocycles. The maximum Gasteiger partial charge on any atom is 0.161 e. The molecular formula is C15H20N2O. The van der Waals surface area contributed by atoms with Crippen LogP contribution in [-0.2, 0) is 0 Å². The van der Waals surface area contributed by atoms with Gasteiger partial charge in [0, 0.05) is 23.0 Å². The van der Waals surface area contributed by atoms with Crippen molar-refractivity contribution in [3.05, 3.63) is 23.8 Å². The number of rotatable bonds is 3. The maximum atomic E-state index is 11.5. The van der Waals surface area contributed by atoms with E-state index in [1.54, 1.807) is 6.92 Å². The third-order valence-corrected chi connectivity index (χ3v) is 4.52. The summed E-state index contributed by atoms with van der Waals surface area (Å²) in [6.07, 6.45) is 5.43. The van der Waals surface area contributed by atoms with Gasteiger partial charge in [-0.1, -0.05) is 6.42 Å². The van der Waals surface area contributed by atoms with Gasteiger partial charge in [-0.15, -0.1) is 0 Å². The van der Waals surface area contributed by atoms with Crippen molar-refractivity contribution in [2.75, 3.05) is 11.1 Å². The van der Waals surface area contributed by atoms with Crippen LogP contribution < -0.4 is 11.1 Å². The van der Waals surface area contributed by atoms with Crippen molar-refractivity contribution in [2.45, 2.75) is 38.6 Å². The molecule has 3 unspecified atom stereocenters. The summed E-state index contributed by atoms with van der Waals surface area (Å²) in [5, 5.41) is 3.59. The zero-order chi connectivity index (χ0) is 12.7. The molecule has 18 heavy (non-hydrogen) atoms. The zero-order valence-electron chi connectivity index (χ0n) is 10.8. The first-order valence-electron chi connectivity index (χ1n) is 6.80. The van der Waals surface area contributed by atoms with Gasteiger partial charge in [-0.3, -0.25) is 4.79 Å². The van der Waals surface area contributed by atoms with Gasteiger partial charge >= 0.3 is 0 Å². The number of nitrogens with one attached hydrogen (secondary N) is 1. The van der Waals surface area contributed by atoms with E-state index >= 15 is 0 Å². The Balaban J connectivity index is 1.77. The van der Waals surface area contributed by atoms with Crippen molar-refractivity contribution in [3.8, 4) is 0 Å². The molecule has 3 heteroatoms. The summed E-state index contributed by atoms with van der Waals surface area (Å²) in [6, 6.07) is 6.29.